The maximum absolute atomic E-state index is 12.3. The van der Waals surface area contributed by atoms with Crippen molar-refractivity contribution in [3.05, 3.63) is 11.5 Å². The van der Waals surface area contributed by atoms with E-state index in [2.05, 4.69) is 15.0 Å². The molecular formula is C15H25ClN5O4P. The highest BCUT2D eigenvalue weighted by molar-refractivity contribution is 7.53. The van der Waals surface area contributed by atoms with Crippen molar-refractivity contribution in [2.24, 2.45) is 11.8 Å². The van der Waals surface area contributed by atoms with Crippen LogP contribution in [-0.4, -0.2) is 40.8 Å². The number of imidazole rings is 1. The van der Waals surface area contributed by atoms with E-state index in [0.717, 1.165) is 0 Å². The van der Waals surface area contributed by atoms with E-state index in [1.165, 1.54) is 6.33 Å². The molecule has 1 unspecified atom stereocenters. The molecule has 0 aliphatic heterocycles. The number of hydrogen-bond donors (Lipinski definition) is 3. The number of ether oxygens (including phenoxy) is 1. The van der Waals surface area contributed by atoms with Gasteiger partial charge in [-0.1, -0.05) is 39.3 Å². The number of anilines is 1. The van der Waals surface area contributed by atoms with Crippen LogP contribution in [0.3, 0.4) is 0 Å². The Kier molecular flexibility index (Phi) is 5.99. The first-order valence-electron chi connectivity index (χ1n) is 8.27. The van der Waals surface area contributed by atoms with Gasteiger partial charge in [0.25, 0.3) is 0 Å². The monoisotopic (exact) mass is 405 g/mol. The van der Waals surface area contributed by atoms with Crippen LogP contribution < -0.4 is 5.73 Å². The van der Waals surface area contributed by atoms with Crippen LogP contribution in [0.2, 0.25) is 5.15 Å². The highest BCUT2D eigenvalue weighted by Crippen LogP contribution is 2.59. The molecule has 2 aromatic rings. The predicted molar refractivity (Wildman–Crippen MR) is 99.7 cm³/mol. The van der Waals surface area contributed by atoms with Crippen LogP contribution >= 0.6 is 19.2 Å². The van der Waals surface area contributed by atoms with Gasteiger partial charge in [-0.2, -0.15) is 9.97 Å². The minimum absolute atomic E-state index is 0.0201. The third-order valence-electron chi connectivity index (χ3n) is 4.39. The lowest BCUT2D eigenvalue weighted by Crippen LogP contribution is -2.46. The molecule has 0 aliphatic rings. The molecule has 0 fully saturated rings. The second-order valence-corrected chi connectivity index (χ2v) is 9.12. The maximum atomic E-state index is 12.3. The standard InChI is InChI=1S/C15H25ClN5O4P/c1-8(2)15(9(3)4,26(22,23)24)25-10(5)6-21-7-18-11-12(16)19-14(17)20-13(11)21/h7-10H,6H2,1-5H3,(H2,17,19,20)(H2,22,23,24). The Hall–Kier alpha value is -1.25. The first-order chi connectivity index (χ1) is 11.9. The van der Waals surface area contributed by atoms with Crippen molar-refractivity contribution < 1.29 is 19.1 Å². The third kappa shape index (κ3) is 3.73. The van der Waals surface area contributed by atoms with Crippen LogP contribution in [0.1, 0.15) is 34.6 Å². The van der Waals surface area contributed by atoms with Crippen LogP contribution in [0, 0.1) is 11.8 Å². The molecular weight excluding hydrogens is 381 g/mol. The fourth-order valence-electron chi connectivity index (χ4n) is 3.38. The molecule has 1 atom stereocenters. The Morgan fingerprint density at radius 3 is 2.35 bits per heavy atom. The highest BCUT2D eigenvalue weighted by atomic mass is 35.5. The van der Waals surface area contributed by atoms with Crippen molar-refractivity contribution in [1.82, 2.24) is 19.5 Å². The quantitative estimate of drug-likeness (QED) is 0.472. The van der Waals surface area contributed by atoms with E-state index in [1.807, 2.05) is 0 Å². The summed E-state index contributed by atoms with van der Waals surface area (Å²) in [4.78, 5) is 32.2. The fourth-order valence-corrected chi connectivity index (χ4v) is 5.26. The molecule has 0 bridgehead atoms. The summed E-state index contributed by atoms with van der Waals surface area (Å²) in [6.45, 7) is 8.98. The second-order valence-electron chi connectivity index (χ2n) is 6.98. The van der Waals surface area contributed by atoms with Gasteiger partial charge in [0, 0.05) is 0 Å². The van der Waals surface area contributed by atoms with Gasteiger partial charge < -0.3 is 24.8 Å². The van der Waals surface area contributed by atoms with Gasteiger partial charge in [0.05, 0.1) is 19.0 Å². The summed E-state index contributed by atoms with van der Waals surface area (Å²) in [5.74, 6) is -0.762. The summed E-state index contributed by atoms with van der Waals surface area (Å²) in [6.07, 6.45) is 0.994. The molecule has 0 saturated carbocycles. The van der Waals surface area contributed by atoms with Gasteiger partial charge in [-0.05, 0) is 18.8 Å². The Balaban J connectivity index is 2.35. The van der Waals surface area contributed by atoms with Crippen molar-refractivity contribution in [3.63, 3.8) is 0 Å². The first kappa shape index (κ1) is 21.1. The van der Waals surface area contributed by atoms with E-state index in [0.29, 0.717) is 11.2 Å². The van der Waals surface area contributed by atoms with Gasteiger partial charge in [-0.25, -0.2) is 4.98 Å². The largest absolute Gasteiger partial charge is 0.368 e. The summed E-state index contributed by atoms with van der Waals surface area (Å²) < 4.78 is 19.9. The Morgan fingerprint density at radius 1 is 1.27 bits per heavy atom. The first-order valence-corrected chi connectivity index (χ1v) is 10.3. The molecule has 0 aliphatic carbocycles. The molecule has 0 spiro atoms. The minimum atomic E-state index is -4.54. The summed E-state index contributed by atoms with van der Waals surface area (Å²) in [5, 5.41) is -1.44. The number of aromatic nitrogens is 4. The van der Waals surface area contributed by atoms with E-state index in [1.54, 1.807) is 39.2 Å². The number of halogens is 1. The molecule has 2 rings (SSSR count). The predicted octanol–water partition coefficient (Wildman–Crippen LogP) is 2.65. The average Bonchev–Trinajstić information content (AvgIpc) is 2.85. The summed E-state index contributed by atoms with van der Waals surface area (Å²) in [7, 11) is -4.54. The topological polar surface area (TPSA) is 136 Å². The van der Waals surface area contributed by atoms with Gasteiger partial charge >= 0.3 is 7.60 Å². The minimum Gasteiger partial charge on any atom is -0.368 e. The van der Waals surface area contributed by atoms with E-state index >= 15 is 0 Å². The molecule has 0 saturated heterocycles. The van der Waals surface area contributed by atoms with Gasteiger partial charge in [-0.15, -0.1) is 0 Å². The van der Waals surface area contributed by atoms with Crippen LogP contribution in [0.4, 0.5) is 5.95 Å². The van der Waals surface area contributed by atoms with E-state index < -0.39 is 30.9 Å². The van der Waals surface area contributed by atoms with Crippen molar-refractivity contribution in [1.29, 1.82) is 0 Å². The number of rotatable bonds is 7. The average molecular weight is 406 g/mol. The second kappa shape index (κ2) is 7.40. The molecule has 2 aromatic heterocycles. The Morgan fingerprint density at radius 2 is 1.85 bits per heavy atom. The van der Waals surface area contributed by atoms with Crippen molar-refractivity contribution >= 4 is 36.3 Å². The van der Waals surface area contributed by atoms with Gasteiger partial charge in [0.15, 0.2) is 16.1 Å². The number of fused-ring (bicyclic) bond motifs is 1. The van der Waals surface area contributed by atoms with Crippen LogP contribution in [0.15, 0.2) is 6.33 Å². The van der Waals surface area contributed by atoms with Crippen molar-refractivity contribution in [3.8, 4) is 0 Å². The third-order valence-corrected chi connectivity index (χ3v) is 6.70. The lowest BCUT2D eigenvalue weighted by atomic mass is 9.95. The van der Waals surface area contributed by atoms with Gasteiger partial charge in [-0.3, -0.25) is 4.57 Å². The van der Waals surface area contributed by atoms with Crippen LogP contribution in [-0.2, 0) is 15.8 Å². The molecule has 9 nitrogen and oxygen atoms in total. The van der Waals surface area contributed by atoms with E-state index in [4.69, 9.17) is 22.1 Å². The Bertz CT molecular complexity index is 827. The molecule has 146 valence electrons. The van der Waals surface area contributed by atoms with Crippen LogP contribution in [0.25, 0.3) is 11.2 Å². The number of nitrogen functional groups attached to an aromatic ring is 1. The van der Waals surface area contributed by atoms with Crippen molar-refractivity contribution in [2.75, 3.05) is 5.73 Å². The molecule has 26 heavy (non-hydrogen) atoms. The van der Waals surface area contributed by atoms with E-state index in [-0.39, 0.29) is 17.6 Å². The maximum Gasteiger partial charge on any atom is 0.357 e. The zero-order valence-corrected chi connectivity index (χ0v) is 17.1. The molecule has 0 radical (unpaired) electrons. The molecule has 2 heterocycles. The summed E-state index contributed by atoms with van der Waals surface area (Å²) in [5.41, 5.74) is 6.48. The van der Waals surface area contributed by atoms with Crippen molar-refractivity contribution in [2.45, 2.75) is 52.6 Å². The Labute approximate surface area is 157 Å². The summed E-state index contributed by atoms with van der Waals surface area (Å²) >= 11 is 6.02. The summed E-state index contributed by atoms with van der Waals surface area (Å²) in [6, 6.07) is 0. The van der Waals surface area contributed by atoms with E-state index in [9.17, 15) is 14.4 Å². The molecule has 0 amide bonds. The number of hydrogen-bond acceptors (Lipinski definition) is 6. The zero-order valence-electron chi connectivity index (χ0n) is 15.4. The van der Waals surface area contributed by atoms with Gasteiger partial charge in [0.1, 0.15) is 5.52 Å². The smallest absolute Gasteiger partial charge is 0.357 e. The SMILES string of the molecule is CC(Cn1cnc2c(Cl)nc(N)nc21)OC(C(C)C)(C(C)C)P(=O)(O)O. The van der Waals surface area contributed by atoms with Crippen LogP contribution in [0.5, 0.6) is 0 Å². The lowest BCUT2D eigenvalue weighted by Gasteiger charge is -2.42. The highest BCUT2D eigenvalue weighted by Gasteiger charge is 2.54. The van der Waals surface area contributed by atoms with Gasteiger partial charge in [0.2, 0.25) is 5.95 Å². The molecule has 4 N–H and O–H groups in total. The number of nitrogens with zero attached hydrogens (tertiary/aromatic N) is 4. The normalized spacial score (nSPS) is 14.5. The zero-order chi connectivity index (χ0) is 19.9. The molecule has 11 heteroatoms. The molecule has 0 aromatic carbocycles. The number of nitrogens with two attached hydrogens (primary N) is 1. The fraction of sp³-hybridized carbons (Fsp3) is 0.667. The lowest BCUT2D eigenvalue weighted by molar-refractivity contribution is -0.103.